The lowest BCUT2D eigenvalue weighted by molar-refractivity contribution is -0.112. The number of rotatable bonds is 2. The molecule has 3 heteroatoms. The highest BCUT2D eigenvalue weighted by Gasteiger charge is 2.10. The van der Waals surface area contributed by atoms with Crippen LogP contribution in [0.2, 0.25) is 0 Å². The summed E-state index contributed by atoms with van der Waals surface area (Å²) in [4.78, 5) is 11.1. The van der Waals surface area contributed by atoms with Crippen LogP contribution in [0.3, 0.4) is 0 Å². The van der Waals surface area contributed by atoms with Gasteiger partial charge in [-0.2, -0.15) is 0 Å². The van der Waals surface area contributed by atoms with E-state index in [0.717, 1.165) is 21.8 Å². The number of hydrogen-bond donors (Lipinski definition) is 0. The zero-order valence-electron chi connectivity index (χ0n) is 9.06. The van der Waals surface area contributed by atoms with Crippen molar-refractivity contribution in [3.05, 3.63) is 48.5 Å². The Hall–Kier alpha value is -1.80. The molecule has 0 aliphatic rings. The van der Waals surface area contributed by atoms with Crippen LogP contribution in [-0.2, 0) is 11.3 Å². The molecule has 0 radical (unpaired) electrons. The fraction of sp³-hybridized carbons (Fsp3) is 0.0714. The largest absolute Gasteiger partial charge is 0.332 e. The molecule has 0 aliphatic carbocycles. The minimum Gasteiger partial charge on any atom is -0.332 e. The summed E-state index contributed by atoms with van der Waals surface area (Å²) in [5.74, 6) is 0. The van der Waals surface area contributed by atoms with E-state index in [1.54, 1.807) is 0 Å². The van der Waals surface area contributed by atoms with Gasteiger partial charge in [0.1, 0.15) is 0 Å². The third-order valence-corrected chi connectivity index (χ3v) is 3.08. The zero-order valence-corrected chi connectivity index (χ0v) is 9.82. The monoisotopic (exact) mass is 243 g/mol. The summed E-state index contributed by atoms with van der Waals surface area (Å²) < 4.78 is 1.96. The molecule has 3 aromatic rings. The Bertz CT molecular complexity index is 661. The Labute approximate surface area is 103 Å². The Balaban J connectivity index is 2.45. The van der Waals surface area contributed by atoms with Crippen LogP contribution in [0.4, 0.5) is 0 Å². The maximum Gasteiger partial charge on any atom is 0.241 e. The van der Waals surface area contributed by atoms with Crippen LogP contribution in [0.15, 0.2) is 48.5 Å². The lowest BCUT2D eigenvalue weighted by atomic mass is 10.2. The van der Waals surface area contributed by atoms with Crippen LogP contribution >= 0.6 is 11.6 Å². The van der Waals surface area contributed by atoms with Crippen molar-refractivity contribution in [3.63, 3.8) is 0 Å². The highest BCUT2D eigenvalue weighted by Crippen LogP contribution is 2.28. The van der Waals surface area contributed by atoms with E-state index in [2.05, 4.69) is 12.1 Å². The van der Waals surface area contributed by atoms with Crippen molar-refractivity contribution in [2.45, 2.75) is 6.54 Å². The molecule has 0 amide bonds. The molecule has 0 saturated carbocycles. The van der Waals surface area contributed by atoms with Crippen molar-refractivity contribution in [2.24, 2.45) is 0 Å². The second-order valence-corrected chi connectivity index (χ2v) is 4.40. The van der Waals surface area contributed by atoms with Gasteiger partial charge in [-0.15, -0.1) is 0 Å². The number of nitrogens with zero attached hydrogens (tertiary/aromatic N) is 1. The molecule has 0 aliphatic heterocycles. The zero-order chi connectivity index (χ0) is 11.8. The quantitative estimate of drug-likeness (QED) is 0.631. The molecule has 0 atom stereocenters. The van der Waals surface area contributed by atoms with Crippen molar-refractivity contribution in [3.8, 4) is 0 Å². The van der Waals surface area contributed by atoms with Crippen LogP contribution in [0.1, 0.15) is 0 Å². The van der Waals surface area contributed by atoms with Gasteiger partial charge >= 0.3 is 0 Å². The number of para-hydroxylation sites is 2. The molecular weight excluding hydrogens is 234 g/mol. The summed E-state index contributed by atoms with van der Waals surface area (Å²) in [6, 6.07) is 16.1. The van der Waals surface area contributed by atoms with Crippen LogP contribution < -0.4 is 0 Å². The Kier molecular flexibility index (Phi) is 2.37. The van der Waals surface area contributed by atoms with Crippen molar-refractivity contribution in [2.75, 3.05) is 0 Å². The number of carbonyl (C=O) groups is 1. The SMILES string of the molecule is O=C(Cl)Cn1c2ccccc2c2ccccc21. The molecule has 84 valence electrons. The van der Waals surface area contributed by atoms with E-state index in [1.807, 2.05) is 41.0 Å². The molecule has 3 rings (SSSR count). The summed E-state index contributed by atoms with van der Waals surface area (Å²) >= 11 is 5.51. The third-order valence-electron chi connectivity index (χ3n) is 2.96. The molecule has 0 bridgehead atoms. The first-order valence-electron chi connectivity index (χ1n) is 5.41. The van der Waals surface area contributed by atoms with Crippen molar-refractivity contribution in [1.29, 1.82) is 0 Å². The number of halogens is 1. The molecule has 0 saturated heterocycles. The number of hydrogen-bond acceptors (Lipinski definition) is 1. The molecule has 0 unspecified atom stereocenters. The van der Waals surface area contributed by atoms with Gasteiger partial charge in [0.25, 0.3) is 0 Å². The van der Waals surface area contributed by atoms with E-state index in [0.29, 0.717) is 0 Å². The molecule has 2 nitrogen and oxygen atoms in total. The van der Waals surface area contributed by atoms with E-state index in [1.165, 1.54) is 0 Å². The summed E-state index contributed by atoms with van der Waals surface area (Å²) in [5.41, 5.74) is 2.09. The molecule has 0 spiro atoms. The van der Waals surface area contributed by atoms with Gasteiger partial charge in [-0.3, -0.25) is 4.79 Å². The van der Waals surface area contributed by atoms with E-state index >= 15 is 0 Å². The Morgan fingerprint density at radius 3 is 1.88 bits per heavy atom. The van der Waals surface area contributed by atoms with Crippen LogP contribution in [-0.4, -0.2) is 9.81 Å². The second kappa shape index (κ2) is 3.90. The van der Waals surface area contributed by atoms with Crippen LogP contribution in [0.25, 0.3) is 21.8 Å². The highest BCUT2D eigenvalue weighted by molar-refractivity contribution is 6.63. The number of fused-ring (bicyclic) bond motifs is 3. The normalized spacial score (nSPS) is 11.1. The molecular formula is C14H10ClNO. The first-order valence-corrected chi connectivity index (χ1v) is 5.79. The predicted octanol–water partition coefficient (Wildman–Crippen LogP) is 3.56. The van der Waals surface area contributed by atoms with Crippen molar-refractivity contribution >= 4 is 38.6 Å². The lowest BCUT2D eigenvalue weighted by Crippen LogP contribution is -2.03. The minimum absolute atomic E-state index is 0.204. The standard InChI is InChI=1S/C14H10ClNO/c15-14(17)9-16-12-7-3-1-5-10(12)11-6-2-4-8-13(11)16/h1-8H,9H2. The molecule has 17 heavy (non-hydrogen) atoms. The second-order valence-electron chi connectivity index (χ2n) is 3.98. The summed E-state index contributed by atoms with van der Waals surface area (Å²) in [7, 11) is 0. The van der Waals surface area contributed by atoms with Crippen molar-refractivity contribution in [1.82, 2.24) is 4.57 Å². The van der Waals surface area contributed by atoms with Gasteiger partial charge in [-0.05, 0) is 23.7 Å². The fourth-order valence-electron chi connectivity index (χ4n) is 2.30. The van der Waals surface area contributed by atoms with Gasteiger partial charge in [0.15, 0.2) is 0 Å². The maximum absolute atomic E-state index is 11.1. The van der Waals surface area contributed by atoms with Gasteiger partial charge < -0.3 is 4.57 Å². The van der Waals surface area contributed by atoms with E-state index in [9.17, 15) is 4.79 Å². The fourth-order valence-corrected chi connectivity index (χ4v) is 2.42. The Morgan fingerprint density at radius 2 is 1.41 bits per heavy atom. The maximum atomic E-state index is 11.1. The lowest BCUT2D eigenvalue weighted by Gasteiger charge is -2.02. The first kappa shape index (κ1) is 10.4. The van der Waals surface area contributed by atoms with Gasteiger partial charge in [0.05, 0.1) is 6.54 Å². The number of benzene rings is 2. The van der Waals surface area contributed by atoms with E-state index < -0.39 is 0 Å². The number of carbonyl (C=O) groups excluding carboxylic acids is 1. The van der Waals surface area contributed by atoms with Crippen LogP contribution in [0.5, 0.6) is 0 Å². The van der Waals surface area contributed by atoms with E-state index in [4.69, 9.17) is 11.6 Å². The average molecular weight is 244 g/mol. The average Bonchev–Trinajstić information content (AvgIpc) is 2.65. The van der Waals surface area contributed by atoms with Gasteiger partial charge in [0.2, 0.25) is 5.24 Å². The molecule has 1 heterocycles. The summed E-state index contributed by atoms with van der Waals surface area (Å²) in [5, 5.41) is 1.96. The smallest absolute Gasteiger partial charge is 0.241 e. The molecule has 0 N–H and O–H groups in total. The van der Waals surface area contributed by atoms with Gasteiger partial charge in [0, 0.05) is 21.8 Å². The summed E-state index contributed by atoms with van der Waals surface area (Å²) in [6.07, 6.45) is 0. The highest BCUT2D eigenvalue weighted by atomic mass is 35.5. The van der Waals surface area contributed by atoms with Crippen molar-refractivity contribution < 1.29 is 4.79 Å². The molecule has 0 fully saturated rings. The summed E-state index contributed by atoms with van der Waals surface area (Å²) in [6.45, 7) is 0.204. The molecule has 1 aromatic heterocycles. The van der Waals surface area contributed by atoms with Crippen LogP contribution in [0, 0.1) is 0 Å². The molecule has 2 aromatic carbocycles. The third kappa shape index (κ3) is 1.61. The van der Waals surface area contributed by atoms with Gasteiger partial charge in [-0.1, -0.05) is 36.4 Å². The topological polar surface area (TPSA) is 22.0 Å². The predicted molar refractivity (Wildman–Crippen MR) is 70.3 cm³/mol. The minimum atomic E-state index is -0.350. The first-order chi connectivity index (χ1) is 8.27. The van der Waals surface area contributed by atoms with E-state index in [-0.39, 0.29) is 11.8 Å². The van der Waals surface area contributed by atoms with Gasteiger partial charge in [-0.25, -0.2) is 0 Å². The number of aromatic nitrogens is 1. The Morgan fingerprint density at radius 1 is 0.941 bits per heavy atom.